The van der Waals surface area contributed by atoms with E-state index in [1.54, 1.807) is 0 Å². The Labute approximate surface area is 154 Å². The predicted octanol–water partition coefficient (Wildman–Crippen LogP) is 2.16. The maximum Gasteiger partial charge on any atom is 0.256 e. The second-order valence-corrected chi connectivity index (χ2v) is 7.44. The van der Waals surface area contributed by atoms with Crippen LogP contribution in [0.2, 0.25) is 0 Å². The molecule has 1 aliphatic rings. The highest BCUT2D eigenvalue weighted by atomic mass is 32.2. The number of nitrogens with zero attached hydrogens (tertiary/aromatic N) is 5. The van der Waals surface area contributed by atoms with Crippen molar-refractivity contribution in [3.05, 3.63) is 53.3 Å². The van der Waals surface area contributed by atoms with E-state index in [1.165, 1.54) is 16.7 Å². The molecular formula is C18H17N5O2S. The van der Waals surface area contributed by atoms with Crippen molar-refractivity contribution in [1.29, 1.82) is 0 Å². The number of benzene rings is 1. The van der Waals surface area contributed by atoms with Gasteiger partial charge in [-0.2, -0.15) is 0 Å². The van der Waals surface area contributed by atoms with Crippen molar-refractivity contribution in [2.24, 2.45) is 0 Å². The van der Waals surface area contributed by atoms with Gasteiger partial charge in [-0.1, -0.05) is 42.1 Å². The summed E-state index contributed by atoms with van der Waals surface area (Å²) in [5, 5.41) is 8.34. The van der Waals surface area contributed by atoms with Crippen LogP contribution in [0, 0.1) is 13.8 Å². The number of likely N-dealkylation sites (tertiary alicyclic amines) is 1. The summed E-state index contributed by atoms with van der Waals surface area (Å²) in [6.07, 6.45) is 0.170. The van der Waals surface area contributed by atoms with Crippen molar-refractivity contribution in [2.45, 2.75) is 37.2 Å². The third-order valence-electron chi connectivity index (χ3n) is 4.30. The molecule has 7 nitrogen and oxygen atoms in total. The molecule has 8 heteroatoms. The fourth-order valence-electron chi connectivity index (χ4n) is 3.08. The summed E-state index contributed by atoms with van der Waals surface area (Å²) in [6, 6.07) is 11.4. The first kappa shape index (κ1) is 16.7. The van der Waals surface area contributed by atoms with Gasteiger partial charge in [0.2, 0.25) is 11.8 Å². The molecule has 0 bridgehead atoms. The van der Waals surface area contributed by atoms with E-state index in [0.29, 0.717) is 17.5 Å². The molecule has 1 atom stereocenters. The highest BCUT2D eigenvalue weighted by Gasteiger charge is 2.40. The van der Waals surface area contributed by atoms with Gasteiger partial charge in [-0.05, 0) is 25.5 Å². The van der Waals surface area contributed by atoms with Gasteiger partial charge in [-0.25, -0.2) is 4.98 Å². The highest BCUT2D eigenvalue weighted by Crippen LogP contribution is 2.31. The van der Waals surface area contributed by atoms with Crippen LogP contribution in [0.3, 0.4) is 0 Å². The molecule has 4 rings (SSSR count). The number of rotatable bonds is 4. The molecule has 1 aromatic carbocycles. The first-order valence-corrected chi connectivity index (χ1v) is 9.15. The second-order valence-electron chi connectivity index (χ2n) is 6.27. The van der Waals surface area contributed by atoms with E-state index in [0.717, 1.165) is 17.0 Å². The minimum Gasteiger partial charge on any atom is -0.277 e. The van der Waals surface area contributed by atoms with Crippen LogP contribution >= 0.6 is 11.8 Å². The van der Waals surface area contributed by atoms with Gasteiger partial charge in [-0.3, -0.25) is 18.9 Å². The summed E-state index contributed by atoms with van der Waals surface area (Å²) in [5.74, 6) is 0.164. The smallest absolute Gasteiger partial charge is 0.256 e. The fourth-order valence-corrected chi connectivity index (χ4v) is 4.21. The maximum absolute atomic E-state index is 12.7. The Kier molecular flexibility index (Phi) is 4.20. The van der Waals surface area contributed by atoms with Crippen molar-refractivity contribution < 1.29 is 9.59 Å². The maximum atomic E-state index is 12.7. The van der Waals surface area contributed by atoms with Gasteiger partial charge in [0.05, 0.1) is 6.54 Å². The highest BCUT2D eigenvalue weighted by molar-refractivity contribution is 8.00. The lowest BCUT2D eigenvalue weighted by atomic mass is 10.2. The van der Waals surface area contributed by atoms with Crippen LogP contribution in [-0.4, -0.2) is 41.5 Å². The molecule has 2 amide bonds. The molecular weight excluding hydrogens is 350 g/mol. The van der Waals surface area contributed by atoms with Crippen molar-refractivity contribution in [2.75, 3.05) is 0 Å². The number of imide groups is 1. The third-order valence-corrected chi connectivity index (χ3v) is 5.42. The topological polar surface area (TPSA) is 80.5 Å². The van der Waals surface area contributed by atoms with Gasteiger partial charge in [0, 0.05) is 17.8 Å². The molecule has 2 aromatic heterocycles. The lowest BCUT2D eigenvalue weighted by molar-refractivity contribution is -0.138. The van der Waals surface area contributed by atoms with Crippen LogP contribution in [0.1, 0.15) is 23.4 Å². The molecule has 132 valence electrons. The summed E-state index contributed by atoms with van der Waals surface area (Å²) in [4.78, 5) is 30.7. The Morgan fingerprint density at radius 3 is 2.69 bits per heavy atom. The molecule has 0 N–H and O–H groups in total. The average Bonchev–Trinajstić information content (AvgIpc) is 3.12. The largest absolute Gasteiger partial charge is 0.277 e. The lowest BCUT2D eigenvalue weighted by Gasteiger charge is -2.14. The van der Waals surface area contributed by atoms with Gasteiger partial charge in [-0.15, -0.1) is 10.2 Å². The van der Waals surface area contributed by atoms with Crippen LogP contribution in [0.4, 0.5) is 0 Å². The monoisotopic (exact) mass is 367 g/mol. The summed E-state index contributed by atoms with van der Waals surface area (Å²) in [7, 11) is 0. The average molecular weight is 367 g/mol. The van der Waals surface area contributed by atoms with Crippen molar-refractivity contribution in [3.8, 4) is 0 Å². The van der Waals surface area contributed by atoms with Crippen LogP contribution in [0.5, 0.6) is 0 Å². The summed E-state index contributed by atoms with van der Waals surface area (Å²) in [5.41, 5.74) is 2.74. The van der Waals surface area contributed by atoms with Crippen molar-refractivity contribution in [1.82, 2.24) is 24.5 Å². The summed E-state index contributed by atoms with van der Waals surface area (Å²) >= 11 is 1.27. The van der Waals surface area contributed by atoms with Gasteiger partial charge in [0.25, 0.3) is 5.78 Å². The van der Waals surface area contributed by atoms with E-state index < -0.39 is 5.25 Å². The lowest BCUT2D eigenvalue weighted by Crippen LogP contribution is -2.30. The number of hydrogen-bond acceptors (Lipinski definition) is 6. The molecule has 3 heterocycles. The molecule has 0 saturated carbocycles. The minimum absolute atomic E-state index is 0.157. The van der Waals surface area contributed by atoms with Gasteiger partial charge < -0.3 is 0 Å². The van der Waals surface area contributed by atoms with Crippen LogP contribution in [0.15, 0.2) is 41.6 Å². The Hall–Kier alpha value is -2.74. The van der Waals surface area contributed by atoms with Crippen LogP contribution in [-0.2, 0) is 16.1 Å². The third kappa shape index (κ3) is 2.96. The Balaban J connectivity index is 1.56. The number of carbonyl (C=O) groups excluding carboxylic acids is 2. The number of amides is 2. The molecule has 1 fully saturated rings. The van der Waals surface area contributed by atoms with E-state index >= 15 is 0 Å². The van der Waals surface area contributed by atoms with Crippen molar-refractivity contribution >= 4 is 29.4 Å². The molecule has 1 unspecified atom stereocenters. The zero-order valence-electron chi connectivity index (χ0n) is 14.4. The van der Waals surface area contributed by atoms with Crippen LogP contribution < -0.4 is 0 Å². The zero-order valence-corrected chi connectivity index (χ0v) is 15.2. The minimum atomic E-state index is -0.487. The number of fused-ring (bicyclic) bond motifs is 1. The summed E-state index contributed by atoms with van der Waals surface area (Å²) < 4.78 is 1.81. The zero-order chi connectivity index (χ0) is 18.3. The number of aryl methyl sites for hydroxylation is 2. The standard InChI is InChI=1S/C18H17N5O2S/c1-11-8-12(2)23-17(19-11)20-21-18(23)26-14-9-15(24)22(16(14)25)10-13-6-4-3-5-7-13/h3-8,14H,9-10H2,1-2H3. The fraction of sp³-hybridized carbons (Fsp3) is 0.278. The molecule has 0 radical (unpaired) electrons. The quantitative estimate of drug-likeness (QED) is 0.658. The SMILES string of the molecule is Cc1cc(C)n2c(SC3CC(=O)N(Cc4ccccc4)C3=O)nnc2n1. The van der Waals surface area contributed by atoms with E-state index in [9.17, 15) is 9.59 Å². The predicted molar refractivity (Wildman–Crippen MR) is 96.5 cm³/mol. The molecule has 0 aliphatic carbocycles. The summed E-state index contributed by atoms with van der Waals surface area (Å²) in [6.45, 7) is 4.14. The molecule has 0 spiro atoms. The van der Waals surface area contributed by atoms with Gasteiger partial charge in [0.1, 0.15) is 5.25 Å². The molecule has 26 heavy (non-hydrogen) atoms. The Morgan fingerprint density at radius 1 is 1.15 bits per heavy atom. The molecule has 1 saturated heterocycles. The van der Waals surface area contributed by atoms with Gasteiger partial charge in [0.15, 0.2) is 5.16 Å². The number of hydrogen-bond donors (Lipinski definition) is 0. The molecule has 3 aromatic rings. The first-order chi connectivity index (χ1) is 12.5. The van der Waals surface area contributed by atoms with E-state index in [-0.39, 0.29) is 18.2 Å². The van der Waals surface area contributed by atoms with E-state index in [1.807, 2.05) is 54.6 Å². The van der Waals surface area contributed by atoms with Crippen LogP contribution in [0.25, 0.3) is 5.78 Å². The number of carbonyl (C=O) groups is 2. The number of aromatic nitrogens is 4. The molecule has 1 aliphatic heterocycles. The Bertz CT molecular complexity index is 1000. The van der Waals surface area contributed by atoms with E-state index in [4.69, 9.17) is 0 Å². The number of thioether (sulfide) groups is 1. The first-order valence-electron chi connectivity index (χ1n) is 8.27. The van der Waals surface area contributed by atoms with E-state index in [2.05, 4.69) is 15.2 Å². The van der Waals surface area contributed by atoms with Gasteiger partial charge >= 0.3 is 0 Å². The normalized spacial score (nSPS) is 17.5. The second kappa shape index (κ2) is 6.53. The van der Waals surface area contributed by atoms with Crippen molar-refractivity contribution in [3.63, 3.8) is 0 Å². The Morgan fingerprint density at radius 2 is 1.92 bits per heavy atom.